The summed E-state index contributed by atoms with van der Waals surface area (Å²) in [4.78, 5) is 0. The average Bonchev–Trinajstić information content (AvgIpc) is 2.68. The van der Waals surface area contributed by atoms with Gasteiger partial charge in [-0.3, -0.25) is 4.68 Å². The van der Waals surface area contributed by atoms with Gasteiger partial charge in [-0.25, -0.2) is 0 Å². The van der Waals surface area contributed by atoms with E-state index in [4.69, 9.17) is 0 Å². The summed E-state index contributed by atoms with van der Waals surface area (Å²) in [7, 11) is 2.00. The molecular weight excluding hydrogens is 246 g/mol. The number of hydrogen-bond donors (Lipinski definition) is 1. The molecule has 1 aromatic heterocycles. The number of hydrogen-bond acceptors (Lipinski definition) is 2. The van der Waals surface area contributed by atoms with E-state index in [-0.39, 0.29) is 0 Å². The van der Waals surface area contributed by atoms with Gasteiger partial charge in [0.2, 0.25) is 0 Å². The lowest BCUT2D eigenvalue weighted by atomic mass is 9.43. The number of nitrogens with one attached hydrogen (secondary N) is 1. The van der Waals surface area contributed by atoms with Gasteiger partial charge in [-0.1, -0.05) is 13.8 Å². The molecule has 0 amide bonds. The molecule has 2 unspecified atom stereocenters. The third-order valence-electron chi connectivity index (χ3n) is 6.04. The molecule has 1 N–H and O–H groups in total. The fourth-order valence-electron chi connectivity index (χ4n) is 6.48. The van der Waals surface area contributed by atoms with E-state index in [0.29, 0.717) is 16.4 Å². The predicted octanol–water partition coefficient (Wildman–Crippen LogP) is 3.26. The van der Waals surface area contributed by atoms with Gasteiger partial charge in [0.05, 0.1) is 5.69 Å². The van der Waals surface area contributed by atoms with Crippen molar-refractivity contribution in [2.24, 2.45) is 23.8 Å². The van der Waals surface area contributed by atoms with Gasteiger partial charge in [0, 0.05) is 25.3 Å². The van der Waals surface area contributed by atoms with Crippen LogP contribution in [0.1, 0.15) is 58.1 Å². The lowest BCUT2D eigenvalue weighted by Gasteiger charge is -2.65. The molecule has 20 heavy (non-hydrogen) atoms. The molecule has 0 aromatic carbocycles. The molecule has 1 aromatic rings. The fraction of sp³-hybridized carbons (Fsp3) is 0.824. The van der Waals surface area contributed by atoms with Crippen LogP contribution in [0.2, 0.25) is 0 Å². The van der Waals surface area contributed by atoms with E-state index >= 15 is 0 Å². The Morgan fingerprint density at radius 3 is 2.45 bits per heavy atom. The van der Waals surface area contributed by atoms with Gasteiger partial charge in [0.25, 0.3) is 0 Å². The fourth-order valence-corrected chi connectivity index (χ4v) is 6.48. The highest BCUT2D eigenvalue weighted by molar-refractivity contribution is 5.15. The zero-order valence-electron chi connectivity index (χ0n) is 13.1. The smallest absolute Gasteiger partial charge is 0.0762 e. The van der Waals surface area contributed by atoms with Crippen LogP contribution < -0.4 is 5.32 Å². The minimum absolute atomic E-state index is 0.389. The van der Waals surface area contributed by atoms with E-state index < -0.39 is 0 Å². The van der Waals surface area contributed by atoms with Crippen LogP contribution in [0.15, 0.2) is 12.3 Å². The predicted molar refractivity (Wildman–Crippen MR) is 80.2 cm³/mol. The first-order valence-electron chi connectivity index (χ1n) is 8.11. The zero-order valence-corrected chi connectivity index (χ0v) is 13.1. The highest BCUT2D eigenvalue weighted by Gasteiger charge is 2.59. The summed E-state index contributed by atoms with van der Waals surface area (Å²) in [5.41, 5.74) is 2.75. The van der Waals surface area contributed by atoms with E-state index in [1.165, 1.54) is 44.2 Å². The highest BCUT2D eigenvalue weighted by Crippen LogP contribution is 2.66. The molecule has 2 atom stereocenters. The Kier molecular flexibility index (Phi) is 2.50. The van der Waals surface area contributed by atoms with Crippen molar-refractivity contribution in [3.05, 3.63) is 18.0 Å². The summed E-state index contributed by atoms with van der Waals surface area (Å²) < 4.78 is 1.90. The first-order chi connectivity index (χ1) is 9.38. The Morgan fingerprint density at radius 1 is 1.20 bits per heavy atom. The van der Waals surface area contributed by atoms with Crippen molar-refractivity contribution in [1.29, 1.82) is 0 Å². The van der Waals surface area contributed by atoms with Gasteiger partial charge in [-0.05, 0) is 61.3 Å². The molecule has 1 heterocycles. The second-order valence-corrected chi connectivity index (χ2v) is 8.74. The highest BCUT2D eigenvalue weighted by atomic mass is 15.3. The van der Waals surface area contributed by atoms with Crippen LogP contribution in [0.3, 0.4) is 0 Å². The van der Waals surface area contributed by atoms with Gasteiger partial charge in [0.15, 0.2) is 0 Å². The maximum absolute atomic E-state index is 4.52. The standard InChI is InChI=1S/C17H27N3/c1-15-6-13-7-16(2,10-15)12-17(8-13,11-15)18-9-14-4-5-20(3)19-14/h4-5,13,18H,6-12H2,1-3H3. The number of rotatable bonds is 3. The Balaban J connectivity index is 1.55. The van der Waals surface area contributed by atoms with Crippen LogP contribution in [-0.4, -0.2) is 15.3 Å². The maximum atomic E-state index is 4.52. The van der Waals surface area contributed by atoms with E-state index in [2.05, 4.69) is 30.3 Å². The van der Waals surface area contributed by atoms with Crippen LogP contribution in [0.5, 0.6) is 0 Å². The largest absolute Gasteiger partial charge is 0.305 e. The number of aromatic nitrogens is 2. The minimum atomic E-state index is 0.389. The molecule has 0 saturated heterocycles. The lowest BCUT2D eigenvalue weighted by molar-refractivity contribution is -0.118. The van der Waals surface area contributed by atoms with Crippen LogP contribution in [0, 0.1) is 16.7 Å². The molecule has 0 aliphatic heterocycles. The molecule has 5 rings (SSSR count). The molecular formula is C17H27N3. The molecule has 4 saturated carbocycles. The van der Waals surface area contributed by atoms with Gasteiger partial charge in [-0.15, -0.1) is 0 Å². The van der Waals surface area contributed by atoms with Crippen molar-refractivity contribution in [1.82, 2.24) is 15.1 Å². The summed E-state index contributed by atoms with van der Waals surface area (Å²) in [5, 5.41) is 8.45. The minimum Gasteiger partial charge on any atom is -0.305 e. The molecule has 3 heteroatoms. The average molecular weight is 273 g/mol. The van der Waals surface area contributed by atoms with E-state index in [9.17, 15) is 0 Å². The van der Waals surface area contributed by atoms with Crippen LogP contribution >= 0.6 is 0 Å². The van der Waals surface area contributed by atoms with Gasteiger partial charge >= 0.3 is 0 Å². The molecule has 4 bridgehead atoms. The Labute approximate surface area is 122 Å². The normalized spacial score (nSPS) is 46.0. The molecule has 4 fully saturated rings. The van der Waals surface area contributed by atoms with Crippen molar-refractivity contribution in [2.75, 3.05) is 0 Å². The van der Waals surface area contributed by atoms with Gasteiger partial charge in [0.1, 0.15) is 0 Å². The van der Waals surface area contributed by atoms with E-state index in [1.807, 2.05) is 17.9 Å². The van der Waals surface area contributed by atoms with Crippen molar-refractivity contribution in [3.63, 3.8) is 0 Å². The summed E-state index contributed by atoms with van der Waals surface area (Å²) >= 11 is 0. The summed E-state index contributed by atoms with van der Waals surface area (Å²) in [6.45, 7) is 6.00. The molecule has 0 spiro atoms. The third kappa shape index (κ3) is 2.02. The second-order valence-electron chi connectivity index (χ2n) is 8.74. The summed E-state index contributed by atoms with van der Waals surface area (Å²) in [6, 6.07) is 2.14. The molecule has 4 aliphatic carbocycles. The Hall–Kier alpha value is -0.830. The molecule has 0 radical (unpaired) electrons. The van der Waals surface area contributed by atoms with Crippen molar-refractivity contribution >= 4 is 0 Å². The van der Waals surface area contributed by atoms with Crippen LogP contribution in [0.4, 0.5) is 0 Å². The number of aryl methyl sites for hydroxylation is 1. The first-order valence-corrected chi connectivity index (χ1v) is 8.11. The molecule has 110 valence electrons. The van der Waals surface area contributed by atoms with Crippen molar-refractivity contribution in [3.8, 4) is 0 Å². The monoisotopic (exact) mass is 273 g/mol. The van der Waals surface area contributed by atoms with Crippen LogP contribution in [-0.2, 0) is 13.6 Å². The first kappa shape index (κ1) is 12.9. The lowest BCUT2D eigenvalue weighted by Crippen LogP contribution is -2.63. The SMILES string of the molecule is Cn1ccc(CNC23CC4CC(C)(CC(C)(C4)C2)C3)n1. The van der Waals surface area contributed by atoms with E-state index in [1.54, 1.807) is 0 Å². The Bertz CT molecular complexity index is 514. The summed E-state index contributed by atoms with van der Waals surface area (Å²) in [5.74, 6) is 0.956. The van der Waals surface area contributed by atoms with Gasteiger partial charge in [-0.2, -0.15) is 5.10 Å². The zero-order chi connectivity index (χ0) is 14.0. The topological polar surface area (TPSA) is 29.9 Å². The van der Waals surface area contributed by atoms with E-state index in [0.717, 1.165) is 12.5 Å². The van der Waals surface area contributed by atoms with Gasteiger partial charge < -0.3 is 5.32 Å². The quantitative estimate of drug-likeness (QED) is 0.916. The van der Waals surface area contributed by atoms with Crippen LogP contribution in [0.25, 0.3) is 0 Å². The Morgan fingerprint density at radius 2 is 1.90 bits per heavy atom. The third-order valence-corrected chi connectivity index (χ3v) is 6.04. The second kappa shape index (κ2) is 3.88. The van der Waals surface area contributed by atoms with Crippen molar-refractivity contribution in [2.45, 2.75) is 64.5 Å². The molecule has 3 nitrogen and oxygen atoms in total. The summed E-state index contributed by atoms with van der Waals surface area (Å²) in [6.07, 6.45) is 10.6. The number of nitrogens with zero attached hydrogens (tertiary/aromatic N) is 2. The molecule has 4 aliphatic rings. The maximum Gasteiger partial charge on any atom is 0.0762 e. The van der Waals surface area contributed by atoms with Crippen molar-refractivity contribution < 1.29 is 0 Å².